The van der Waals surface area contributed by atoms with Gasteiger partial charge < -0.3 is 15.5 Å². The first-order chi connectivity index (χ1) is 11.1. The van der Waals surface area contributed by atoms with E-state index in [9.17, 15) is 9.59 Å². The summed E-state index contributed by atoms with van der Waals surface area (Å²) < 4.78 is 0. The van der Waals surface area contributed by atoms with Gasteiger partial charge in [0, 0.05) is 44.2 Å². The largest absolute Gasteiger partial charge is 0.355 e. The Morgan fingerprint density at radius 2 is 2.04 bits per heavy atom. The predicted molar refractivity (Wildman–Crippen MR) is 89.1 cm³/mol. The van der Waals surface area contributed by atoms with Crippen molar-refractivity contribution in [3.05, 3.63) is 35.9 Å². The maximum Gasteiger partial charge on any atom is 0.253 e. The van der Waals surface area contributed by atoms with Gasteiger partial charge in [-0.25, -0.2) is 0 Å². The maximum atomic E-state index is 12.6. The topological polar surface area (TPSA) is 61.4 Å². The molecule has 0 spiro atoms. The molecule has 0 aromatic heterocycles. The Hall–Kier alpha value is -1.88. The number of carbonyl (C=O) groups is 2. The number of amides is 2. The van der Waals surface area contributed by atoms with E-state index in [0.29, 0.717) is 18.0 Å². The van der Waals surface area contributed by atoms with Crippen LogP contribution < -0.4 is 10.6 Å². The highest BCUT2D eigenvalue weighted by Crippen LogP contribution is 2.30. The van der Waals surface area contributed by atoms with Crippen LogP contribution in [0.5, 0.6) is 0 Å². The Balaban J connectivity index is 1.61. The highest BCUT2D eigenvalue weighted by atomic mass is 16.2. The molecule has 0 radical (unpaired) electrons. The molecule has 2 aliphatic rings. The zero-order valence-electron chi connectivity index (χ0n) is 13.7. The number of piperidine rings is 1. The van der Waals surface area contributed by atoms with Crippen molar-refractivity contribution in [1.82, 2.24) is 15.5 Å². The van der Waals surface area contributed by atoms with E-state index in [2.05, 4.69) is 10.6 Å². The smallest absolute Gasteiger partial charge is 0.253 e. The summed E-state index contributed by atoms with van der Waals surface area (Å²) in [6.07, 6.45) is 1.70. The van der Waals surface area contributed by atoms with Gasteiger partial charge >= 0.3 is 0 Å². The number of nitrogens with one attached hydrogen (secondary N) is 2. The van der Waals surface area contributed by atoms with Crippen LogP contribution in [0.15, 0.2) is 30.3 Å². The third-order valence-corrected chi connectivity index (χ3v) is 4.97. The van der Waals surface area contributed by atoms with Crippen molar-refractivity contribution in [3.63, 3.8) is 0 Å². The molecule has 2 amide bonds. The van der Waals surface area contributed by atoms with Gasteiger partial charge in [0.15, 0.2) is 0 Å². The van der Waals surface area contributed by atoms with Crippen molar-refractivity contribution < 1.29 is 9.59 Å². The quantitative estimate of drug-likeness (QED) is 0.879. The van der Waals surface area contributed by atoms with Crippen molar-refractivity contribution in [2.75, 3.05) is 32.7 Å². The zero-order valence-corrected chi connectivity index (χ0v) is 13.7. The van der Waals surface area contributed by atoms with Crippen molar-refractivity contribution >= 4 is 11.8 Å². The summed E-state index contributed by atoms with van der Waals surface area (Å²) in [5, 5.41) is 6.29. The van der Waals surface area contributed by atoms with Crippen LogP contribution in [0.4, 0.5) is 0 Å². The Labute approximate surface area is 137 Å². The second-order valence-electron chi connectivity index (χ2n) is 6.99. The van der Waals surface area contributed by atoms with Gasteiger partial charge in [-0.3, -0.25) is 9.59 Å². The number of benzene rings is 1. The number of hydrogen-bond donors (Lipinski definition) is 2. The summed E-state index contributed by atoms with van der Waals surface area (Å²) in [4.78, 5) is 27.0. The van der Waals surface area contributed by atoms with Crippen LogP contribution in [0.3, 0.4) is 0 Å². The maximum absolute atomic E-state index is 12.6. The molecule has 3 rings (SSSR count). The molecule has 1 atom stereocenters. The summed E-state index contributed by atoms with van der Waals surface area (Å²) in [6.45, 7) is 5.89. The monoisotopic (exact) mass is 315 g/mol. The van der Waals surface area contributed by atoms with Crippen LogP contribution in [-0.4, -0.2) is 49.4 Å². The van der Waals surface area contributed by atoms with E-state index in [1.54, 1.807) is 0 Å². The first kappa shape index (κ1) is 16.0. The average molecular weight is 315 g/mol. The minimum Gasteiger partial charge on any atom is -0.355 e. The minimum atomic E-state index is -0.486. The van der Waals surface area contributed by atoms with Gasteiger partial charge in [0.2, 0.25) is 5.91 Å². The number of nitrogens with zero attached hydrogens (tertiary/aromatic N) is 1. The van der Waals surface area contributed by atoms with E-state index >= 15 is 0 Å². The van der Waals surface area contributed by atoms with Gasteiger partial charge in [0.25, 0.3) is 5.91 Å². The lowest BCUT2D eigenvalue weighted by molar-refractivity contribution is -0.132. The first-order valence-corrected chi connectivity index (χ1v) is 8.42. The van der Waals surface area contributed by atoms with Crippen LogP contribution in [0.2, 0.25) is 0 Å². The fourth-order valence-electron chi connectivity index (χ4n) is 3.30. The van der Waals surface area contributed by atoms with Gasteiger partial charge in [-0.15, -0.1) is 0 Å². The average Bonchev–Trinajstić information content (AvgIpc) is 2.53. The molecule has 2 aliphatic heterocycles. The van der Waals surface area contributed by atoms with Gasteiger partial charge in [0.1, 0.15) is 0 Å². The van der Waals surface area contributed by atoms with Gasteiger partial charge in [-0.1, -0.05) is 18.2 Å². The number of hydrogen-bond acceptors (Lipinski definition) is 3. The standard InChI is InChI=1S/C18H25N3O2/c1-18(17(23)20-12-14-10-19-11-14)8-5-9-21(13-18)16(22)15-6-3-2-4-7-15/h2-4,6-7,14,19H,5,8-13H2,1H3,(H,20,23). The third kappa shape index (κ3) is 3.55. The lowest BCUT2D eigenvalue weighted by atomic mass is 9.80. The van der Waals surface area contributed by atoms with Crippen LogP contribution >= 0.6 is 0 Å². The molecule has 23 heavy (non-hydrogen) atoms. The lowest BCUT2D eigenvalue weighted by Crippen LogP contribution is -2.54. The highest BCUT2D eigenvalue weighted by molar-refractivity contribution is 5.95. The molecule has 2 heterocycles. The molecule has 2 fully saturated rings. The normalized spacial score (nSPS) is 24.8. The van der Waals surface area contributed by atoms with E-state index in [1.807, 2.05) is 42.2 Å². The molecule has 2 saturated heterocycles. The summed E-state index contributed by atoms with van der Waals surface area (Å²) in [5.41, 5.74) is 0.206. The fourth-order valence-corrected chi connectivity index (χ4v) is 3.30. The van der Waals surface area contributed by atoms with Crippen LogP contribution in [0, 0.1) is 11.3 Å². The molecule has 124 valence electrons. The molecule has 1 aromatic carbocycles. The minimum absolute atomic E-state index is 0.0208. The van der Waals surface area contributed by atoms with Gasteiger partial charge in [-0.2, -0.15) is 0 Å². The fraction of sp³-hybridized carbons (Fsp3) is 0.556. The molecule has 0 saturated carbocycles. The molecular formula is C18H25N3O2. The summed E-state index contributed by atoms with van der Waals surface area (Å²) in [7, 11) is 0. The molecule has 0 bridgehead atoms. The molecule has 5 nitrogen and oxygen atoms in total. The number of carbonyl (C=O) groups excluding carboxylic acids is 2. The van der Waals surface area contributed by atoms with Crippen molar-refractivity contribution in [3.8, 4) is 0 Å². The van der Waals surface area contributed by atoms with Crippen molar-refractivity contribution in [2.24, 2.45) is 11.3 Å². The molecule has 1 unspecified atom stereocenters. The van der Waals surface area contributed by atoms with Crippen LogP contribution in [0.1, 0.15) is 30.1 Å². The second-order valence-corrected chi connectivity index (χ2v) is 6.99. The number of rotatable bonds is 4. The summed E-state index contributed by atoms with van der Waals surface area (Å²) >= 11 is 0. The SMILES string of the molecule is CC1(C(=O)NCC2CNC2)CCCN(C(=O)c2ccccc2)C1. The first-order valence-electron chi connectivity index (χ1n) is 8.42. The van der Waals surface area contributed by atoms with Crippen molar-refractivity contribution in [1.29, 1.82) is 0 Å². The van der Waals surface area contributed by atoms with Crippen LogP contribution in [-0.2, 0) is 4.79 Å². The lowest BCUT2D eigenvalue weighted by Gasteiger charge is -2.40. The van der Waals surface area contributed by atoms with E-state index in [0.717, 1.165) is 39.0 Å². The molecule has 2 N–H and O–H groups in total. The molecule has 5 heteroatoms. The Morgan fingerprint density at radius 3 is 2.70 bits per heavy atom. The third-order valence-electron chi connectivity index (χ3n) is 4.97. The Morgan fingerprint density at radius 1 is 1.30 bits per heavy atom. The Bertz CT molecular complexity index is 571. The number of likely N-dealkylation sites (tertiary alicyclic amines) is 1. The van der Waals surface area contributed by atoms with E-state index in [1.165, 1.54) is 0 Å². The molecule has 0 aliphatic carbocycles. The molecular weight excluding hydrogens is 290 g/mol. The van der Waals surface area contributed by atoms with Gasteiger partial charge in [0.05, 0.1) is 5.41 Å². The van der Waals surface area contributed by atoms with E-state index < -0.39 is 5.41 Å². The predicted octanol–water partition coefficient (Wildman–Crippen LogP) is 1.26. The Kier molecular flexibility index (Phi) is 4.66. The second kappa shape index (κ2) is 6.71. The summed E-state index contributed by atoms with van der Waals surface area (Å²) in [6, 6.07) is 9.31. The summed E-state index contributed by atoms with van der Waals surface area (Å²) in [5.74, 6) is 0.649. The van der Waals surface area contributed by atoms with E-state index in [4.69, 9.17) is 0 Å². The van der Waals surface area contributed by atoms with Gasteiger partial charge in [-0.05, 0) is 31.9 Å². The van der Waals surface area contributed by atoms with E-state index in [-0.39, 0.29) is 11.8 Å². The zero-order chi connectivity index (χ0) is 16.3. The molecule has 1 aromatic rings. The van der Waals surface area contributed by atoms with Crippen molar-refractivity contribution in [2.45, 2.75) is 19.8 Å². The highest BCUT2D eigenvalue weighted by Gasteiger charge is 2.39. The van der Waals surface area contributed by atoms with Crippen LogP contribution in [0.25, 0.3) is 0 Å².